The maximum absolute atomic E-state index is 12.6. The van der Waals surface area contributed by atoms with Crippen LogP contribution in [0.1, 0.15) is 60.0 Å². The predicted molar refractivity (Wildman–Crippen MR) is 143 cm³/mol. The Morgan fingerprint density at radius 2 is 1.69 bits per heavy atom. The Hall–Kier alpha value is -4.27. The van der Waals surface area contributed by atoms with Crippen LogP contribution >= 0.6 is 0 Å². The Morgan fingerprint density at radius 3 is 2.29 bits per heavy atom. The van der Waals surface area contributed by atoms with Crippen molar-refractivity contribution in [1.29, 1.82) is 0 Å². The highest BCUT2D eigenvalue weighted by atomic mass is 19.4. The molecule has 0 saturated heterocycles. The van der Waals surface area contributed by atoms with E-state index in [2.05, 4.69) is 36.0 Å². The maximum atomic E-state index is 12.6. The Morgan fingerprint density at radius 1 is 1.05 bits per heavy atom. The molecule has 0 radical (unpaired) electrons. The average Bonchev–Trinajstić information content (AvgIpc) is 3.64. The summed E-state index contributed by atoms with van der Waals surface area (Å²) in [6.07, 6.45) is 9.87. The molecule has 2 aliphatic carbocycles. The second kappa shape index (κ2) is 14.1. The van der Waals surface area contributed by atoms with Crippen molar-refractivity contribution >= 4 is 11.8 Å². The highest BCUT2D eigenvalue weighted by Crippen LogP contribution is 2.30. The highest BCUT2D eigenvalue weighted by molar-refractivity contribution is 5.92. The molecule has 2 heterocycles. The standard InChI is InChI=1S/C27H33F3N8O4/c1-18-9-10-19(13-24(18)42-27(28,29)30)14-31-25(40)21-16-37(35-33-21)11-5-6-12-38-17-22(34-36-38)26(41)32-15-23(39)20-7-3-2-4-8-20/h3,7-8,10,13,16-18,23,39H,2,4-6,9,11-12,14-15H2,1H3,(H,31,40)(H,32,41)/t18?,23-/m0/s1. The average molecular weight is 591 g/mol. The van der Waals surface area contributed by atoms with Crippen molar-refractivity contribution in [3.63, 3.8) is 0 Å². The molecule has 226 valence electrons. The molecule has 0 saturated carbocycles. The number of aromatic nitrogens is 6. The van der Waals surface area contributed by atoms with E-state index in [9.17, 15) is 27.9 Å². The highest BCUT2D eigenvalue weighted by Gasteiger charge is 2.34. The molecule has 0 bridgehead atoms. The van der Waals surface area contributed by atoms with Gasteiger partial charge in [0.25, 0.3) is 11.8 Å². The Labute approximate surface area is 240 Å². The quantitative estimate of drug-likeness (QED) is 0.302. The van der Waals surface area contributed by atoms with Crippen molar-refractivity contribution in [3.05, 3.63) is 71.1 Å². The topological polar surface area (TPSA) is 149 Å². The summed E-state index contributed by atoms with van der Waals surface area (Å²) < 4.78 is 45.0. The van der Waals surface area contributed by atoms with Crippen LogP contribution < -0.4 is 10.6 Å². The van der Waals surface area contributed by atoms with Gasteiger partial charge >= 0.3 is 6.36 Å². The summed E-state index contributed by atoms with van der Waals surface area (Å²) in [5, 5.41) is 31.2. The van der Waals surface area contributed by atoms with Crippen LogP contribution in [0.2, 0.25) is 0 Å². The first kappa shape index (κ1) is 30.7. The van der Waals surface area contributed by atoms with Gasteiger partial charge in [0.2, 0.25) is 0 Å². The lowest BCUT2D eigenvalue weighted by Crippen LogP contribution is -2.33. The second-order valence-corrected chi connectivity index (χ2v) is 10.0. The third-order valence-corrected chi connectivity index (χ3v) is 6.67. The first-order valence-corrected chi connectivity index (χ1v) is 13.6. The van der Waals surface area contributed by atoms with E-state index < -0.39 is 30.2 Å². The van der Waals surface area contributed by atoms with E-state index in [1.807, 2.05) is 18.2 Å². The zero-order valence-corrected chi connectivity index (χ0v) is 23.0. The van der Waals surface area contributed by atoms with Gasteiger partial charge in [-0.3, -0.25) is 19.0 Å². The number of halogens is 3. The van der Waals surface area contributed by atoms with Crippen LogP contribution in [0.5, 0.6) is 0 Å². The molecule has 4 rings (SSSR count). The van der Waals surface area contributed by atoms with Crippen LogP contribution in [0.3, 0.4) is 0 Å². The number of hydrogen-bond acceptors (Lipinski definition) is 8. The molecule has 2 atom stereocenters. The van der Waals surface area contributed by atoms with Gasteiger partial charge in [0.15, 0.2) is 11.4 Å². The van der Waals surface area contributed by atoms with Crippen LogP contribution in [0.25, 0.3) is 0 Å². The number of unbranched alkanes of at least 4 members (excludes halogenated alkanes) is 1. The van der Waals surface area contributed by atoms with E-state index in [0.29, 0.717) is 37.9 Å². The molecule has 0 aromatic carbocycles. The van der Waals surface area contributed by atoms with Gasteiger partial charge in [-0.2, -0.15) is 0 Å². The minimum atomic E-state index is -4.77. The largest absolute Gasteiger partial charge is 0.572 e. The van der Waals surface area contributed by atoms with Gasteiger partial charge < -0.3 is 20.5 Å². The van der Waals surface area contributed by atoms with Crippen molar-refractivity contribution in [2.75, 3.05) is 13.1 Å². The smallest absolute Gasteiger partial charge is 0.410 e. The fraction of sp³-hybridized carbons (Fsp3) is 0.481. The summed E-state index contributed by atoms with van der Waals surface area (Å²) in [4.78, 5) is 24.8. The maximum Gasteiger partial charge on any atom is 0.572 e. The van der Waals surface area contributed by atoms with Crippen LogP contribution in [-0.2, 0) is 17.8 Å². The van der Waals surface area contributed by atoms with E-state index in [0.717, 1.165) is 18.4 Å². The van der Waals surface area contributed by atoms with Crippen molar-refractivity contribution in [2.24, 2.45) is 5.92 Å². The first-order chi connectivity index (χ1) is 20.1. The summed E-state index contributed by atoms with van der Waals surface area (Å²) in [5.74, 6) is -1.52. The summed E-state index contributed by atoms with van der Waals surface area (Å²) in [7, 11) is 0. The van der Waals surface area contributed by atoms with Gasteiger partial charge in [-0.25, -0.2) is 0 Å². The number of amides is 2. The van der Waals surface area contributed by atoms with Crippen molar-refractivity contribution in [2.45, 2.75) is 64.6 Å². The van der Waals surface area contributed by atoms with E-state index >= 15 is 0 Å². The number of carbonyl (C=O) groups excluding carboxylic acids is 2. The van der Waals surface area contributed by atoms with E-state index in [1.54, 1.807) is 17.7 Å². The Kier molecular flexibility index (Phi) is 10.3. The number of nitrogens with zero attached hydrogens (tertiary/aromatic N) is 6. The van der Waals surface area contributed by atoms with Gasteiger partial charge in [0.1, 0.15) is 5.76 Å². The van der Waals surface area contributed by atoms with Crippen LogP contribution in [0, 0.1) is 5.92 Å². The molecular weight excluding hydrogens is 557 g/mol. The molecule has 2 amide bonds. The molecule has 2 aromatic heterocycles. The molecule has 2 aliphatic rings. The summed E-state index contributed by atoms with van der Waals surface area (Å²) >= 11 is 0. The minimum Gasteiger partial charge on any atom is -0.410 e. The van der Waals surface area contributed by atoms with Crippen LogP contribution in [-0.4, -0.2) is 72.5 Å². The fourth-order valence-corrected chi connectivity index (χ4v) is 4.34. The number of ether oxygens (including phenoxy) is 1. The molecular formula is C27H33F3N8O4. The molecule has 15 heteroatoms. The lowest BCUT2D eigenvalue weighted by atomic mass is 9.96. The van der Waals surface area contributed by atoms with Gasteiger partial charge in [0.05, 0.1) is 18.5 Å². The van der Waals surface area contributed by atoms with E-state index in [1.165, 1.54) is 23.2 Å². The van der Waals surface area contributed by atoms with Crippen LogP contribution in [0.15, 0.2) is 59.7 Å². The zero-order chi connectivity index (χ0) is 30.1. The third-order valence-electron chi connectivity index (χ3n) is 6.67. The van der Waals surface area contributed by atoms with E-state index in [-0.39, 0.29) is 30.2 Å². The van der Waals surface area contributed by atoms with Gasteiger partial charge in [-0.05, 0) is 49.3 Å². The fourth-order valence-electron chi connectivity index (χ4n) is 4.34. The number of alkyl halides is 3. The summed E-state index contributed by atoms with van der Waals surface area (Å²) in [6.45, 7) is 2.72. The van der Waals surface area contributed by atoms with Crippen molar-refractivity contribution < 1.29 is 32.6 Å². The number of allylic oxidation sites excluding steroid dienone is 4. The monoisotopic (exact) mass is 590 g/mol. The minimum absolute atomic E-state index is 0.0249. The zero-order valence-electron chi connectivity index (χ0n) is 23.0. The van der Waals surface area contributed by atoms with E-state index in [4.69, 9.17) is 0 Å². The lowest BCUT2D eigenvalue weighted by molar-refractivity contribution is -0.308. The normalized spacial score (nSPS) is 17.6. The van der Waals surface area contributed by atoms with Gasteiger partial charge in [-0.15, -0.1) is 23.4 Å². The predicted octanol–water partition coefficient (Wildman–Crippen LogP) is 2.83. The third kappa shape index (κ3) is 9.12. The first-order valence-electron chi connectivity index (χ1n) is 13.6. The molecule has 2 aromatic rings. The van der Waals surface area contributed by atoms with Crippen molar-refractivity contribution in [1.82, 2.24) is 40.6 Å². The van der Waals surface area contributed by atoms with Gasteiger partial charge in [0, 0.05) is 32.1 Å². The molecule has 42 heavy (non-hydrogen) atoms. The molecule has 1 unspecified atom stereocenters. The number of aryl methyl sites for hydroxylation is 2. The van der Waals surface area contributed by atoms with Crippen molar-refractivity contribution in [3.8, 4) is 0 Å². The molecule has 0 fully saturated rings. The molecule has 12 nitrogen and oxygen atoms in total. The molecule has 3 N–H and O–H groups in total. The number of hydrogen-bond donors (Lipinski definition) is 3. The number of carbonyl (C=O) groups is 2. The lowest BCUT2D eigenvalue weighted by Gasteiger charge is -2.22. The number of aliphatic hydroxyl groups excluding tert-OH is 1. The number of rotatable bonds is 13. The molecule has 0 aliphatic heterocycles. The Balaban J connectivity index is 1.15. The number of nitrogens with one attached hydrogen (secondary N) is 2. The van der Waals surface area contributed by atoms with Gasteiger partial charge in [-0.1, -0.05) is 41.7 Å². The summed E-state index contributed by atoms with van der Waals surface area (Å²) in [5.41, 5.74) is 1.53. The number of aliphatic hydroxyl groups is 1. The van der Waals surface area contributed by atoms with Crippen LogP contribution in [0.4, 0.5) is 13.2 Å². The second-order valence-electron chi connectivity index (χ2n) is 10.0. The SMILES string of the molecule is CC1CC=C(CNC(=O)c2cn(CCCCn3cc(C(=O)NC[C@H](O)C4=CCCC=C4)nn3)nn2)C=C1OC(F)(F)F. The Bertz CT molecular complexity index is 1380. The molecule has 0 spiro atoms. The summed E-state index contributed by atoms with van der Waals surface area (Å²) in [6, 6.07) is 0.